The zero-order valence-electron chi connectivity index (χ0n) is 15.0. The molecular formula is C17H21N5O4S2. The fourth-order valence-corrected chi connectivity index (χ4v) is 8.78. The second kappa shape index (κ2) is 6.56. The number of aliphatic hydroxyl groups is 1. The lowest BCUT2D eigenvalue weighted by Crippen LogP contribution is -2.67. The first-order valence-electron chi connectivity index (χ1n) is 9.05. The molecule has 3 fully saturated rings. The van der Waals surface area contributed by atoms with Gasteiger partial charge in [0.05, 0.1) is 6.61 Å². The Kier molecular flexibility index (Phi) is 4.25. The van der Waals surface area contributed by atoms with E-state index in [-0.39, 0.29) is 17.0 Å². The van der Waals surface area contributed by atoms with E-state index in [1.54, 1.807) is 18.3 Å². The SMILES string of the molecule is O=S(=O)(/N=C1\NC=CS1(CCO)N1CC2CC(C1)N2)c1cccc2ocnc12. The van der Waals surface area contributed by atoms with Gasteiger partial charge in [-0.1, -0.05) is 6.07 Å². The molecule has 0 spiro atoms. The highest BCUT2D eigenvalue weighted by Gasteiger charge is 2.46. The lowest BCUT2D eigenvalue weighted by atomic mass is 9.93. The van der Waals surface area contributed by atoms with Gasteiger partial charge in [0.2, 0.25) is 0 Å². The van der Waals surface area contributed by atoms with Gasteiger partial charge < -0.3 is 20.2 Å². The van der Waals surface area contributed by atoms with Crippen LogP contribution in [0.2, 0.25) is 0 Å². The second-order valence-corrected chi connectivity index (χ2v) is 11.8. The van der Waals surface area contributed by atoms with Gasteiger partial charge in [-0.15, -0.1) is 14.6 Å². The maximum atomic E-state index is 13.1. The van der Waals surface area contributed by atoms with Gasteiger partial charge in [-0.25, -0.2) is 4.98 Å². The molecule has 150 valence electrons. The number of para-hydroxylation sites is 1. The summed E-state index contributed by atoms with van der Waals surface area (Å²) in [7, 11) is -5.87. The Bertz CT molecular complexity index is 1070. The van der Waals surface area contributed by atoms with Gasteiger partial charge in [0, 0.05) is 37.1 Å². The Morgan fingerprint density at radius 1 is 1.36 bits per heavy atom. The highest BCUT2D eigenvalue weighted by Crippen LogP contribution is 2.57. The van der Waals surface area contributed by atoms with Crippen molar-refractivity contribution in [3.05, 3.63) is 36.2 Å². The third kappa shape index (κ3) is 2.77. The summed E-state index contributed by atoms with van der Waals surface area (Å²) in [5.74, 6) is 0.443. The number of nitrogens with one attached hydrogen (secondary N) is 2. The molecule has 6 rings (SSSR count). The summed E-state index contributed by atoms with van der Waals surface area (Å²) in [5.41, 5.74) is 0.666. The molecule has 5 heterocycles. The number of aromatic nitrogens is 1. The molecule has 4 aliphatic heterocycles. The molecule has 11 heteroatoms. The summed E-state index contributed by atoms with van der Waals surface area (Å²) in [6.45, 7) is 1.59. The molecule has 0 amide bonds. The molecule has 1 aromatic heterocycles. The number of rotatable bonds is 5. The zero-order chi connectivity index (χ0) is 19.4. The van der Waals surface area contributed by atoms with Crippen molar-refractivity contribution in [1.82, 2.24) is 19.9 Å². The topological polar surface area (TPSA) is 120 Å². The predicted molar refractivity (Wildman–Crippen MR) is 107 cm³/mol. The number of hydrogen-bond donors (Lipinski definition) is 3. The van der Waals surface area contributed by atoms with E-state index in [0.29, 0.717) is 28.6 Å². The number of sulfonamides is 1. The second-order valence-electron chi connectivity index (χ2n) is 7.10. The van der Waals surface area contributed by atoms with Crippen LogP contribution in [0, 0.1) is 0 Å². The van der Waals surface area contributed by atoms with Crippen molar-refractivity contribution in [3.63, 3.8) is 0 Å². The minimum atomic E-state index is -4.01. The molecule has 0 saturated carbocycles. The van der Waals surface area contributed by atoms with Crippen molar-refractivity contribution >= 4 is 36.5 Å². The van der Waals surface area contributed by atoms with E-state index in [0.717, 1.165) is 19.5 Å². The maximum Gasteiger partial charge on any atom is 0.287 e. The van der Waals surface area contributed by atoms with Crippen molar-refractivity contribution < 1.29 is 17.9 Å². The van der Waals surface area contributed by atoms with E-state index in [2.05, 4.69) is 24.3 Å². The summed E-state index contributed by atoms with van der Waals surface area (Å²) in [6.07, 6.45) is 4.10. The van der Waals surface area contributed by atoms with Crippen molar-refractivity contribution in [3.8, 4) is 0 Å². The number of piperidine rings is 1. The molecule has 3 N–H and O–H groups in total. The Morgan fingerprint density at radius 3 is 2.89 bits per heavy atom. The van der Waals surface area contributed by atoms with Crippen molar-refractivity contribution in [2.45, 2.75) is 23.4 Å². The molecule has 3 saturated heterocycles. The van der Waals surface area contributed by atoms with Gasteiger partial charge in [-0.3, -0.25) is 4.31 Å². The summed E-state index contributed by atoms with van der Waals surface area (Å²) >= 11 is 0. The van der Waals surface area contributed by atoms with E-state index in [1.165, 1.54) is 12.5 Å². The highest BCUT2D eigenvalue weighted by atomic mass is 32.3. The first kappa shape index (κ1) is 18.1. The molecule has 0 radical (unpaired) electrons. The van der Waals surface area contributed by atoms with Crippen LogP contribution in [0.15, 0.2) is 49.9 Å². The van der Waals surface area contributed by atoms with Gasteiger partial charge in [0.25, 0.3) is 10.0 Å². The standard InChI is InChI=1S/C17H21N5O4S2/c23-5-7-27(22-9-12-8-13(10-22)20-12)6-4-18-17(27)21-28(24,25)15-3-1-2-14-16(15)19-11-26-14/h1-4,6,11-13,20,23H,5,7-10H2,(H,18,21). The van der Waals surface area contributed by atoms with Crippen LogP contribution < -0.4 is 10.6 Å². The van der Waals surface area contributed by atoms with Crippen molar-refractivity contribution in [2.24, 2.45) is 4.40 Å². The van der Waals surface area contributed by atoms with Gasteiger partial charge in [0.1, 0.15) is 10.4 Å². The molecule has 1 aromatic carbocycles. The number of fused-ring (bicyclic) bond motifs is 3. The summed E-state index contributed by atoms with van der Waals surface area (Å²) in [5, 5.41) is 18.6. The van der Waals surface area contributed by atoms with Crippen LogP contribution in [0.1, 0.15) is 6.42 Å². The number of aliphatic hydroxyl groups excluding tert-OH is 1. The third-order valence-electron chi connectivity index (χ3n) is 5.39. The van der Waals surface area contributed by atoms with Gasteiger partial charge >= 0.3 is 0 Å². The molecule has 3 atom stereocenters. The van der Waals surface area contributed by atoms with Crippen LogP contribution in [-0.2, 0) is 10.0 Å². The van der Waals surface area contributed by atoms with Crippen molar-refractivity contribution in [1.29, 1.82) is 0 Å². The molecule has 2 aromatic rings. The van der Waals surface area contributed by atoms with E-state index in [4.69, 9.17) is 4.42 Å². The Morgan fingerprint density at radius 2 is 2.14 bits per heavy atom. The van der Waals surface area contributed by atoms with Crippen molar-refractivity contribution in [2.75, 3.05) is 25.4 Å². The average molecular weight is 424 g/mol. The minimum Gasteiger partial charge on any atom is -0.443 e. The van der Waals surface area contributed by atoms with Crippen LogP contribution in [-0.4, -0.2) is 65.5 Å². The van der Waals surface area contributed by atoms with E-state index < -0.39 is 20.2 Å². The van der Waals surface area contributed by atoms with Crippen LogP contribution in [0.3, 0.4) is 0 Å². The lowest BCUT2D eigenvalue weighted by molar-refractivity contribution is 0.142. The fraction of sp³-hybridized carbons (Fsp3) is 0.412. The molecule has 3 unspecified atom stereocenters. The molecule has 2 bridgehead atoms. The smallest absolute Gasteiger partial charge is 0.287 e. The monoisotopic (exact) mass is 423 g/mol. The van der Waals surface area contributed by atoms with Gasteiger partial charge in [0.15, 0.2) is 17.1 Å². The maximum absolute atomic E-state index is 13.1. The number of piperazine rings is 1. The third-order valence-corrected chi connectivity index (χ3v) is 10.3. The Hall–Kier alpha value is -1.92. The number of hydrogen-bond acceptors (Lipinski definition) is 7. The fourth-order valence-electron chi connectivity index (χ4n) is 4.08. The summed E-state index contributed by atoms with van der Waals surface area (Å²) < 4.78 is 38.0. The number of benzene rings is 1. The zero-order valence-corrected chi connectivity index (χ0v) is 16.6. The molecule has 28 heavy (non-hydrogen) atoms. The van der Waals surface area contributed by atoms with Crippen LogP contribution in [0.5, 0.6) is 0 Å². The lowest BCUT2D eigenvalue weighted by Gasteiger charge is -2.55. The van der Waals surface area contributed by atoms with E-state index >= 15 is 0 Å². The van der Waals surface area contributed by atoms with E-state index in [1.807, 2.05) is 5.41 Å². The van der Waals surface area contributed by atoms with Crippen LogP contribution in [0.4, 0.5) is 0 Å². The molecular weight excluding hydrogens is 402 g/mol. The molecule has 9 nitrogen and oxygen atoms in total. The summed E-state index contributed by atoms with van der Waals surface area (Å²) in [4.78, 5) is 4.05. The van der Waals surface area contributed by atoms with E-state index in [9.17, 15) is 13.5 Å². The highest BCUT2D eigenvalue weighted by molar-refractivity contribution is 8.46. The Balaban J connectivity index is 1.56. The van der Waals surface area contributed by atoms with Crippen LogP contribution >= 0.6 is 10.2 Å². The largest absolute Gasteiger partial charge is 0.443 e. The first-order valence-corrected chi connectivity index (χ1v) is 12.3. The number of oxazole rings is 1. The predicted octanol–water partition coefficient (Wildman–Crippen LogP) is 0.705. The van der Waals surface area contributed by atoms with Gasteiger partial charge in [-0.05, 0) is 24.0 Å². The first-order chi connectivity index (χ1) is 13.5. The number of amidine groups is 1. The quantitative estimate of drug-likeness (QED) is 0.643. The normalized spacial score (nSPS) is 33.5. The average Bonchev–Trinajstić information content (AvgIpc) is 3.29. The number of nitrogens with zero attached hydrogens (tertiary/aromatic N) is 3. The Labute approximate surface area is 164 Å². The van der Waals surface area contributed by atoms with Gasteiger partial charge in [-0.2, -0.15) is 8.42 Å². The minimum absolute atomic E-state index is 0.0143. The summed E-state index contributed by atoms with van der Waals surface area (Å²) in [6, 6.07) is 5.59. The molecule has 0 aliphatic carbocycles. The van der Waals surface area contributed by atoms with Crippen LogP contribution in [0.25, 0.3) is 11.1 Å². The molecule has 4 aliphatic rings.